The average molecular weight is 348 g/mol. The van der Waals surface area contributed by atoms with Gasteiger partial charge in [-0.2, -0.15) is 0 Å². The summed E-state index contributed by atoms with van der Waals surface area (Å²) in [6.07, 6.45) is 2.78. The zero-order valence-electron chi connectivity index (χ0n) is 13.7. The molecule has 0 bridgehead atoms. The molecule has 1 aromatic carbocycles. The molecule has 3 rings (SSSR count). The molecule has 25 heavy (non-hydrogen) atoms. The smallest absolute Gasteiger partial charge is 0.342 e. The number of carboxylic acid groups (broad SMARTS) is 1. The van der Waals surface area contributed by atoms with Gasteiger partial charge in [0.15, 0.2) is 6.33 Å². The van der Waals surface area contributed by atoms with Crippen LogP contribution >= 0.6 is 0 Å². The lowest BCUT2D eigenvalue weighted by atomic mass is 10.2. The number of morpholine rings is 1. The van der Waals surface area contributed by atoms with Crippen LogP contribution < -0.4 is 0 Å². The first-order valence-corrected chi connectivity index (χ1v) is 7.81. The van der Waals surface area contributed by atoms with Crippen molar-refractivity contribution in [3.63, 3.8) is 0 Å². The molecule has 1 fully saturated rings. The molecule has 9 nitrogen and oxygen atoms in total. The molecular weight excluding hydrogens is 328 g/mol. The summed E-state index contributed by atoms with van der Waals surface area (Å²) >= 11 is 0. The van der Waals surface area contributed by atoms with Gasteiger partial charge in [-0.05, 0) is 17.1 Å². The van der Waals surface area contributed by atoms with Gasteiger partial charge in [-0.25, -0.2) is 14.3 Å². The number of benzene rings is 1. The van der Waals surface area contributed by atoms with Gasteiger partial charge in [0, 0.05) is 19.6 Å². The maximum absolute atomic E-state index is 10.6. The molecule has 1 aliphatic heterocycles. The average Bonchev–Trinajstić information content (AvgIpc) is 3.11. The second-order valence-electron chi connectivity index (χ2n) is 5.33. The summed E-state index contributed by atoms with van der Waals surface area (Å²) in [6.45, 7) is 4.65. The number of rotatable bonds is 5. The number of ether oxygens (including phenoxy) is 1. The fraction of sp³-hybridized carbons (Fsp3) is 0.375. The summed E-state index contributed by atoms with van der Waals surface area (Å²) in [5.74, 6) is -0.830. The zero-order valence-corrected chi connectivity index (χ0v) is 13.7. The van der Waals surface area contributed by atoms with E-state index in [-0.39, 0.29) is 5.82 Å². The number of carbonyl (C=O) groups is 1. The molecule has 2 aromatic rings. The van der Waals surface area contributed by atoms with Crippen molar-refractivity contribution in [2.45, 2.75) is 6.54 Å². The van der Waals surface area contributed by atoms with Gasteiger partial charge in [0.25, 0.3) is 0 Å². The molecule has 1 aliphatic rings. The molecule has 0 spiro atoms. The molecule has 1 saturated heterocycles. The third-order valence-electron chi connectivity index (χ3n) is 3.66. The predicted molar refractivity (Wildman–Crippen MR) is 89.5 cm³/mol. The number of aromatic carboxylic acids is 1. The minimum Gasteiger partial charge on any atom is -0.478 e. The van der Waals surface area contributed by atoms with Crippen molar-refractivity contribution in [3.8, 4) is 0 Å². The van der Waals surface area contributed by atoms with Crippen LogP contribution in [0.25, 0.3) is 0 Å². The van der Waals surface area contributed by atoms with Crippen LogP contribution in [0.15, 0.2) is 42.9 Å². The molecule has 0 amide bonds. The Kier molecular flexibility index (Phi) is 7.05. The number of hydrogen-bond donors (Lipinski definition) is 1. The first kappa shape index (κ1) is 18.6. The van der Waals surface area contributed by atoms with Gasteiger partial charge in [-0.3, -0.25) is 4.90 Å². The van der Waals surface area contributed by atoms with Crippen molar-refractivity contribution in [1.82, 2.24) is 14.5 Å². The monoisotopic (exact) mass is 348 g/mol. The Hall–Kier alpha value is -2.78. The topological polar surface area (TPSA) is 111 Å². The minimum absolute atomic E-state index is 0.0493. The van der Waals surface area contributed by atoms with Gasteiger partial charge in [0.1, 0.15) is 12.7 Å². The van der Waals surface area contributed by atoms with Gasteiger partial charge >= 0.3 is 11.8 Å². The third kappa shape index (κ3) is 5.98. The van der Waals surface area contributed by atoms with E-state index in [1.807, 2.05) is 0 Å². The first-order valence-electron chi connectivity index (χ1n) is 7.81. The molecular formula is C16H20N4O5. The molecule has 0 saturated carbocycles. The fourth-order valence-electron chi connectivity index (χ4n) is 2.29. The Bertz CT molecular complexity index is 683. The van der Waals surface area contributed by atoms with Crippen LogP contribution in [0.2, 0.25) is 0 Å². The highest BCUT2D eigenvalue weighted by Gasteiger charge is 2.15. The number of aromatic nitrogens is 2. The number of nitrogens with zero attached hydrogens (tertiary/aromatic N) is 4. The first-order chi connectivity index (χ1) is 12.1. The normalized spacial score (nSPS) is 14.4. The van der Waals surface area contributed by atoms with Crippen molar-refractivity contribution in [1.29, 1.82) is 0 Å². The van der Waals surface area contributed by atoms with E-state index in [4.69, 9.17) is 9.84 Å². The molecule has 2 heterocycles. The SMILES string of the molecule is O=C(O)c1ccccc1.O=[N+]([O-])c1cncn1CCN1CCOCC1. The van der Waals surface area contributed by atoms with Crippen molar-refractivity contribution >= 4 is 11.8 Å². The summed E-state index contributed by atoms with van der Waals surface area (Å²) in [5.41, 5.74) is 0.331. The summed E-state index contributed by atoms with van der Waals surface area (Å²) < 4.78 is 6.79. The molecule has 1 aromatic heterocycles. The fourth-order valence-corrected chi connectivity index (χ4v) is 2.29. The van der Waals surface area contributed by atoms with Crippen LogP contribution in [0.4, 0.5) is 5.82 Å². The maximum Gasteiger partial charge on any atom is 0.342 e. The lowest BCUT2D eigenvalue weighted by Gasteiger charge is -2.25. The van der Waals surface area contributed by atoms with E-state index in [9.17, 15) is 14.9 Å². The van der Waals surface area contributed by atoms with Gasteiger partial charge in [-0.15, -0.1) is 0 Å². The molecule has 9 heteroatoms. The molecule has 0 radical (unpaired) electrons. The molecule has 1 N–H and O–H groups in total. The number of carboxylic acids is 1. The standard InChI is InChI=1S/C9H14N4O3.C7H6O2/c14-13(15)9-7-10-8-12(9)2-1-11-3-5-16-6-4-11;8-7(9)6-4-2-1-3-5-6/h7-8H,1-6H2;1-5H,(H,8,9). The Morgan fingerprint density at radius 3 is 2.48 bits per heavy atom. The van der Waals surface area contributed by atoms with Crippen molar-refractivity contribution < 1.29 is 19.6 Å². The number of imidazole rings is 1. The van der Waals surface area contributed by atoms with Gasteiger partial charge in [-0.1, -0.05) is 18.2 Å². The molecule has 134 valence electrons. The highest BCUT2D eigenvalue weighted by Crippen LogP contribution is 2.09. The van der Waals surface area contributed by atoms with Crippen molar-refractivity contribution in [3.05, 3.63) is 58.5 Å². The third-order valence-corrected chi connectivity index (χ3v) is 3.66. The van der Waals surface area contributed by atoms with Crippen LogP contribution in [-0.4, -0.2) is 63.3 Å². The lowest BCUT2D eigenvalue weighted by molar-refractivity contribution is -0.392. The van der Waals surface area contributed by atoms with E-state index in [1.165, 1.54) is 12.5 Å². The van der Waals surface area contributed by atoms with Crippen LogP contribution in [-0.2, 0) is 11.3 Å². The van der Waals surface area contributed by atoms with E-state index in [2.05, 4.69) is 9.88 Å². The maximum atomic E-state index is 10.6. The minimum atomic E-state index is -0.879. The van der Waals surface area contributed by atoms with E-state index < -0.39 is 10.9 Å². The summed E-state index contributed by atoms with van der Waals surface area (Å²) in [7, 11) is 0. The van der Waals surface area contributed by atoms with Gasteiger partial charge in [0.2, 0.25) is 0 Å². The van der Waals surface area contributed by atoms with Crippen LogP contribution in [0.5, 0.6) is 0 Å². The van der Waals surface area contributed by atoms with Crippen LogP contribution in [0.1, 0.15) is 10.4 Å². The Labute approximate surface area is 144 Å². The summed E-state index contributed by atoms with van der Waals surface area (Å²) in [5, 5.41) is 19.0. The lowest BCUT2D eigenvalue weighted by Crippen LogP contribution is -2.38. The number of hydrogen-bond acceptors (Lipinski definition) is 6. The second kappa shape index (κ2) is 9.50. The summed E-state index contributed by atoms with van der Waals surface area (Å²) in [4.78, 5) is 26.5. The van der Waals surface area contributed by atoms with Gasteiger partial charge in [0.05, 0.1) is 18.8 Å². The summed E-state index contributed by atoms with van der Waals surface area (Å²) in [6, 6.07) is 8.30. The Morgan fingerprint density at radius 1 is 1.24 bits per heavy atom. The quantitative estimate of drug-likeness (QED) is 0.644. The number of nitro groups is 1. The van der Waals surface area contributed by atoms with Crippen molar-refractivity contribution in [2.75, 3.05) is 32.8 Å². The molecule has 0 aliphatic carbocycles. The molecule has 0 unspecified atom stereocenters. The zero-order chi connectivity index (χ0) is 18.1. The van der Waals surface area contributed by atoms with Crippen LogP contribution in [0, 0.1) is 10.1 Å². The van der Waals surface area contributed by atoms with Crippen molar-refractivity contribution in [2.24, 2.45) is 0 Å². The van der Waals surface area contributed by atoms with E-state index in [1.54, 1.807) is 34.9 Å². The van der Waals surface area contributed by atoms with E-state index in [0.717, 1.165) is 32.8 Å². The van der Waals surface area contributed by atoms with E-state index >= 15 is 0 Å². The molecule has 0 atom stereocenters. The predicted octanol–water partition coefficient (Wildman–Crippen LogP) is 1.51. The highest BCUT2D eigenvalue weighted by atomic mass is 16.6. The highest BCUT2D eigenvalue weighted by molar-refractivity contribution is 5.87. The largest absolute Gasteiger partial charge is 0.478 e. The Balaban J connectivity index is 0.000000212. The van der Waals surface area contributed by atoms with Gasteiger partial charge < -0.3 is 20.0 Å². The van der Waals surface area contributed by atoms with Crippen LogP contribution in [0.3, 0.4) is 0 Å². The Morgan fingerprint density at radius 2 is 1.92 bits per heavy atom. The second-order valence-corrected chi connectivity index (χ2v) is 5.33. The van der Waals surface area contributed by atoms with E-state index in [0.29, 0.717) is 12.1 Å².